The number of likely N-dealkylation sites (N-methyl/N-ethyl adjacent to an activating group) is 1. The third-order valence-corrected chi connectivity index (χ3v) is 4.29. The molecular formula is C16H25N3S. The normalized spacial score (nSPS) is 12.9. The van der Waals surface area contributed by atoms with E-state index < -0.39 is 0 Å². The van der Waals surface area contributed by atoms with Crippen LogP contribution in [0.5, 0.6) is 0 Å². The van der Waals surface area contributed by atoms with Gasteiger partial charge in [-0.15, -0.1) is 0 Å². The van der Waals surface area contributed by atoms with Crippen LogP contribution < -0.4 is 5.32 Å². The Hall–Kier alpha value is -1.00. The molecule has 1 aromatic carbocycles. The minimum Gasteiger partial charge on any atom is -0.328 e. The number of nitrogens with zero attached hydrogens (tertiary/aromatic N) is 2. The molecular weight excluding hydrogens is 266 g/mol. The number of benzene rings is 1. The standard InChI is InChI=1S/C16H25N3S/c1-4-17-13(10-11-20-3)12-16-18-14-8-6-7-9-15(14)19(16)5-2/h6-9,13,17H,4-5,10-12H2,1-3H3. The molecule has 1 atom stereocenters. The van der Waals surface area contributed by atoms with Crippen molar-refractivity contribution in [2.75, 3.05) is 18.6 Å². The molecule has 0 fully saturated rings. The van der Waals surface area contributed by atoms with Crippen molar-refractivity contribution in [2.45, 2.75) is 39.3 Å². The summed E-state index contributed by atoms with van der Waals surface area (Å²) in [5.74, 6) is 2.41. The number of para-hydroxylation sites is 2. The number of imidazole rings is 1. The van der Waals surface area contributed by atoms with Gasteiger partial charge in [-0.1, -0.05) is 19.1 Å². The molecule has 2 rings (SSSR count). The van der Waals surface area contributed by atoms with Gasteiger partial charge in [-0.2, -0.15) is 11.8 Å². The molecule has 1 aromatic heterocycles. The number of thioether (sulfide) groups is 1. The van der Waals surface area contributed by atoms with Crippen molar-refractivity contribution in [3.8, 4) is 0 Å². The van der Waals surface area contributed by atoms with E-state index in [4.69, 9.17) is 4.98 Å². The quantitative estimate of drug-likeness (QED) is 0.809. The highest BCUT2D eigenvalue weighted by atomic mass is 32.2. The summed E-state index contributed by atoms with van der Waals surface area (Å²) in [6.07, 6.45) is 4.38. The summed E-state index contributed by atoms with van der Waals surface area (Å²) in [6.45, 7) is 6.37. The van der Waals surface area contributed by atoms with Gasteiger partial charge in [0, 0.05) is 19.0 Å². The lowest BCUT2D eigenvalue weighted by atomic mass is 10.1. The molecule has 20 heavy (non-hydrogen) atoms. The van der Waals surface area contributed by atoms with Crippen molar-refractivity contribution in [1.29, 1.82) is 0 Å². The lowest BCUT2D eigenvalue weighted by Crippen LogP contribution is -2.32. The topological polar surface area (TPSA) is 29.9 Å². The van der Waals surface area contributed by atoms with E-state index in [0.717, 1.165) is 25.0 Å². The largest absolute Gasteiger partial charge is 0.328 e. The Labute approximate surface area is 126 Å². The van der Waals surface area contributed by atoms with Gasteiger partial charge in [0.15, 0.2) is 0 Å². The van der Waals surface area contributed by atoms with Gasteiger partial charge in [0.2, 0.25) is 0 Å². The van der Waals surface area contributed by atoms with Crippen LogP contribution in [0.3, 0.4) is 0 Å². The number of rotatable bonds is 8. The monoisotopic (exact) mass is 291 g/mol. The van der Waals surface area contributed by atoms with Gasteiger partial charge in [-0.3, -0.25) is 0 Å². The first-order valence-electron chi connectivity index (χ1n) is 7.46. The van der Waals surface area contributed by atoms with Crippen molar-refractivity contribution in [1.82, 2.24) is 14.9 Å². The van der Waals surface area contributed by atoms with E-state index in [1.165, 1.54) is 23.5 Å². The molecule has 0 saturated heterocycles. The second-order valence-electron chi connectivity index (χ2n) is 5.00. The van der Waals surface area contributed by atoms with Crippen molar-refractivity contribution in [3.05, 3.63) is 30.1 Å². The van der Waals surface area contributed by atoms with E-state index in [0.29, 0.717) is 6.04 Å². The predicted octanol–water partition coefficient (Wildman–Crippen LogP) is 3.33. The van der Waals surface area contributed by atoms with E-state index in [1.54, 1.807) is 0 Å². The van der Waals surface area contributed by atoms with Crippen molar-refractivity contribution < 1.29 is 0 Å². The molecule has 2 aromatic rings. The average Bonchev–Trinajstić information content (AvgIpc) is 2.82. The molecule has 0 spiro atoms. The fourth-order valence-corrected chi connectivity index (χ4v) is 3.20. The Balaban J connectivity index is 2.22. The Kier molecular flexibility index (Phi) is 5.92. The highest BCUT2D eigenvalue weighted by molar-refractivity contribution is 7.98. The number of hydrogen-bond donors (Lipinski definition) is 1. The second kappa shape index (κ2) is 7.70. The van der Waals surface area contributed by atoms with Gasteiger partial charge in [0.05, 0.1) is 11.0 Å². The van der Waals surface area contributed by atoms with Gasteiger partial charge < -0.3 is 9.88 Å². The molecule has 0 radical (unpaired) electrons. The van der Waals surface area contributed by atoms with E-state index >= 15 is 0 Å². The fourth-order valence-electron chi connectivity index (χ4n) is 2.68. The molecule has 1 heterocycles. The van der Waals surface area contributed by atoms with Gasteiger partial charge in [-0.25, -0.2) is 4.98 Å². The summed E-state index contributed by atoms with van der Waals surface area (Å²) >= 11 is 1.91. The van der Waals surface area contributed by atoms with E-state index in [2.05, 4.69) is 54.3 Å². The van der Waals surface area contributed by atoms with Crippen LogP contribution in [-0.4, -0.2) is 34.1 Å². The van der Waals surface area contributed by atoms with Crippen LogP contribution in [0.4, 0.5) is 0 Å². The van der Waals surface area contributed by atoms with Gasteiger partial charge in [-0.05, 0) is 44.0 Å². The van der Waals surface area contributed by atoms with Crippen LogP contribution in [0.2, 0.25) is 0 Å². The summed E-state index contributed by atoms with van der Waals surface area (Å²) in [4.78, 5) is 4.83. The predicted molar refractivity (Wildman–Crippen MR) is 89.6 cm³/mol. The fraction of sp³-hybridized carbons (Fsp3) is 0.562. The van der Waals surface area contributed by atoms with Gasteiger partial charge in [0.25, 0.3) is 0 Å². The van der Waals surface area contributed by atoms with Crippen molar-refractivity contribution in [3.63, 3.8) is 0 Å². The highest BCUT2D eigenvalue weighted by Crippen LogP contribution is 2.18. The van der Waals surface area contributed by atoms with E-state index in [9.17, 15) is 0 Å². The Morgan fingerprint density at radius 3 is 2.80 bits per heavy atom. The van der Waals surface area contributed by atoms with E-state index in [1.807, 2.05) is 11.8 Å². The maximum Gasteiger partial charge on any atom is 0.111 e. The van der Waals surface area contributed by atoms with Gasteiger partial charge >= 0.3 is 0 Å². The Bertz CT molecular complexity index is 536. The first kappa shape index (κ1) is 15.4. The lowest BCUT2D eigenvalue weighted by Gasteiger charge is -2.17. The summed E-state index contributed by atoms with van der Waals surface area (Å²) in [5, 5.41) is 3.59. The molecule has 3 nitrogen and oxygen atoms in total. The highest BCUT2D eigenvalue weighted by Gasteiger charge is 2.14. The maximum atomic E-state index is 4.83. The Morgan fingerprint density at radius 2 is 2.10 bits per heavy atom. The molecule has 0 aliphatic carbocycles. The molecule has 4 heteroatoms. The minimum atomic E-state index is 0.523. The summed E-state index contributed by atoms with van der Waals surface area (Å²) < 4.78 is 2.35. The molecule has 0 amide bonds. The van der Waals surface area contributed by atoms with Crippen molar-refractivity contribution in [2.24, 2.45) is 0 Å². The number of fused-ring (bicyclic) bond motifs is 1. The number of aryl methyl sites for hydroxylation is 1. The second-order valence-corrected chi connectivity index (χ2v) is 5.99. The van der Waals surface area contributed by atoms with Crippen LogP contribution in [-0.2, 0) is 13.0 Å². The van der Waals surface area contributed by atoms with Crippen LogP contribution in [0.25, 0.3) is 11.0 Å². The van der Waals surface area contributed by atoms with Crippen LogP contribution in [0.15, 0.2) is 24.3 Å². The molecule has 1 N–H and O–H groups in total. The molecule has 0 saturated carbocycles. The zero-order chi connectivity index (χ0) is 14.4. The molecule has 110 valence electrons. The van der Waals surface area contributed by atoms with E-state index in [-0.39, 0.29) is 0 Å². The summed E-state index contributed by atoms with van der Waals surface area (Å²) in [5.41, 5.74) is 2.37. The number of hydrogen-bond acceptors (Lipinski definition) is 3. The van der Waals surface area contributed by atoms with Crippen molar-refractivity contribution >= 4 is 22.8 Å². The Morgan fingerprint density at radius 1 is 1.30 bits per heavy atom. The molecule has 0 bridgehead atoms. The zero-order valence-electron chi connectivity index (χ0n) is 12.7. The lowest BCUT2D eigenvalue weighted by molar-refractivity contribution is 0.494. The van der Waals surface area contributed by atoms with Gasteiger partial charge in [0.1, 0.15) is 5.82 Å². The number of nitrogens with one attached hydrogen (secondary N) is 1. The molecule has 1 unspecified atom stereocenters. The summed E-state index contributed by atoms with van der Waals surface area (Å²) in [6, 6.07) is 8.95. The summed E-state index contributed by atoms with van der Waals surface area (Å²) in [7, 11) is 0. The SMILES string of the molecule is CCNC(CCSC)Cc1nc2ccccc2n1CC. The maximum absolute atomic E-state index is 4.83. The third kappa shape index (κ3) is 3.55. The first-order chi connectivity index (χ1) is 9.80. The first-order valence-corrected chi connectivity index (χ1v) is 8.86. The zero-order valence-corrected chi connectivity index (χ0v) is 13.5. The smallest absolute Gasteiger partial charge is 0.111 e. The third-order valence-electron chi connectivity index (χ3n) is 3.64. The molecule has 0 aliphatic heterocycles. The average molecular weight is 291 g/mol. The van der Waals surface area contributed by atoms with Crippen LogP contribution in [0, 0.1) is 0 Å². The number of aromatic nitrogens is 2. The minimum absolute atomic E-state index is 0.523. The molecule has 0 aliphatic rings. The van der Waals surface area contributed by atoms with Crippen LogP contribution in [0.1, 0.15) is 26.1 Å². The van der Waals surface area contributed by atoms with Crippen LogP contribution >= 0.6 is 11.8 Å².